The van der Waals surface area contributed by atoms with Crippen molar-refractivity contribution in [3.05, 3.63) is 17.7 Å². The Labute approximate surface area is 120 Å². The Balaban J connectivity index is 1.81. The van der Waals surface area contributed by atoms with E-state index in [1.807, 2.05) is 0 Å². The van der Waals surface area contributed by atoms with Gasteiger partial charge in [-0.3, -0.25) is 14.4 Å². The summed E-state index contributed by atoms with van der Waals surface area (Å²) >= 11 is 0. The number of carbonyl (C=O) groups excluding carboxylic acids is 2. The molecule has 8 heteroatoms. The quantitative estimate of drug-likeness (QED) is 0.616. The number of nitrogens with one attached hydrogen (secondary N) is 3. The van der Waals surface area contributed by atoms with Crippen molar-refractivity contribution in [3.63, 3.8) is 0 Å². The molecule has 0 aliphatic heterocycles. The monoisotopic (exact) mass is 292 g/mol. The summed E-state index contributed by atoms with van der Waals surface area (Å²) in [5.74, 6) is -1.82. The molecule has 0 saturated heterocycles. The van der Waals surface area contributed by atoms with Crippen LogP contribution in [0.3, 0.4) is 0 Å². The molecule has 2 aliphatic carbocycles. The SMILES string of the molecule is CNC(=O)c1[nH]cnc1C(=O)NC12CCC1(C(=O)O)CC2. The maximum Gasteiger partial charge on any atom is 0.312 e. The zero-order valence-corrected chi connectivity index (χ0v) is 11.5. The van der Waals surface area contributed by atoms with E-state index in [0.29, 0.717) is 25.7 Å². The number of aliphatic carboxylic acids is 1. The number of carboxylic acid groups (broad SMARTS) is 1. The normalized spacial score (nSPS) is 29.6. The van der Waals surface area contributed by atoms with E-state index in [4.69, 9.17) is 0 Å². The summed E-state index contributed by atoms with van der Waals surface area (Å²) < 4.78 is 0. The van der Waals surface area contributed by atoms with Crippen LogP contribution in [0.4, 0.5) is 0 Å². The van der Waals surface area contributed by atoms with E-state index >= 15 is 0 Å². The van der Waals surface area contributed by atoms with Crippen molar-refractivity contribution in [2.24, 2.45) is 5.41 Å². The molecule has 4 N–H and O–H groups in total. The third-order valence-corrected chi connectivity index (χ3v) is 4.94. The number of nitrogens with zero attached hydrogens (tertiary/aromatic N) is 1. The fourth-order valence-corrected chi connectivity index (χ4v) is 3.41. The lowest BCUT2D eigenvalue weighted by molar-refractivity contribution is -0.186. The molecule has 8 nitrogen and oxygen atoms in total. The number of imidazole rings is 1. The molecule has 21 heavy (non-hydrogen) atoms. The van der Waals surface area contributed by atoms with Gasteiger partial charge in [0.05, 0.1) is 17.3 Å². The van der Waals surface area contributed by atoms with Crippen molar-refractivity contribution in [2.45, 2.75) is 31.2 Å². The first-order valence-corrected chi connectivity index (χ1v) is 6.77. The van der Waals surface area contributed by atoms with Gasteiger partial charge in [-0.1, -0.05) is 0 Å². The molecule has 1 aromatic heterocycles. The summed E-state index contributed by atoms with van der Waals surface area (Å²) in [6.45, 7) is 0. The lowest BCUT2D eigenvalue weighted by Crippen LogP contribution is -2.76. The van der Waals surface area contributed by atoms with E-state index in [-0.39, 0.29) is 11.4 Å². The highest BCUT2D eigenvalue weighted by Crippen LogP contribution is 2.64. The molecule has 1 aromatic rings. The van der Waals surface area contributed by atoms with Gasteiger partial charge in [0, 0.05) is 7.05 Å². The summed E-state index contributed by atoms with van der Waals surface area (Å²) in [5, 5.41) is 14.6. The topological polar surface area (TPSA) is 124 Å². The molecular formula is C13H16N4O4. The van der Waals surface area contributed by atoms with Gasteiger partial charge >= 0.3 is 5.97 Å². The van der Waals surface area contributed by atoms with Gasteiger partial charge in [0.1, 0.15) is 5.69 Å². The first-order chi connectivity index (χ1) is 9.96. The number of aromatic nitrogens is 2. The molecule has 0 unspecified atom stereocenters. The Bertz CT molecular complexity index is 628. The van der Waals surface area contributed by atoms with Gasteiger partial charge in [-0.2, -0.15) is 0 Å². The van der Waals surface area contributed by atoms with Crippen molar-refractivity contribution >= 4 is 17.8 Å². The average Bonchev–Trinajstić information content (AvgIpc) is 2.93. The van der Waals surface area contributed by atoms with Crippen LogP contribution >= 0.6 is 0 Å². The fourth-order valence-electron chi connectivity index (χ4n) is 3.41. The number of carbonyl (C=O) groups is 3. The maximum absolute atomic E-state index is 12.3. The number of aromatic amines is 1. The predicted octanol–water partition coefficient (Wildman–Crippen LogP) is -0.104. The fraction of sp³-hybridized carbons (Fsp3) is 0.538. The number of rotatable bonds is 4. The summed E-state index contributed by atoms with van der Waals surface area (Å²) in [6, 6.07) is 0. The molecule has 2 amide bonds. The average molecular weight is 292 g/mol. The second kappa shape index (κ2) is 4.31. The van der Waals surface area contributed by atoms with Gasteiger partial charge in [0.25, 0.3) is 11.8 Å². The lowest BCUT2D eigenvalue weighted by Gasteiger charge is -2.65. The van der Waals surface area contributed by atoms with Crippen molar-refractivity contribution in [1.29, 1.82) is 0 Å². The van der Waals surface area contributed by atoms with Gasteiger partial charge in [-0.15, -0.1) is 0 Å². The summed E-state index contributed by atoms with van der Waals surface area (Å²) in [5.41, 5.74) is -1.46. The molecular weight excluding hydrogens is 276 g/mol. The maximum atomic E-state index is 12.3. The van der Waals surface area contributed by atoms with Gasteiger partial charge < -0.3 is 20.7 Å². The van der Waals surface area contributed by atoms with Crippen LogP contribution in [-0.4, -0.2) is 45.4 Å². The van der Waals surface area contributed by atoms with Gasteiger partial charge in [0.2, 0.25) is 0 Å². The van der Waals surface area contributed by atoms with Gasteiger partial charge in [-0.05, 0) is 25.7 Å². The molecule has 0 aromatic carbocycles. The van der Waals surface area contributed by atoms with E-state index < -0.39 is 28.7 Å². The summed E-state index contributed by atoms with van der Waals surface area (Å²) in [4.78, 5) is 41.9. The smallest absolute Gasteiger partial charge is 0.312 e. The Morgan fingerprint density at radius 3 is 2.38 bits per heavy atom. The number of fused-ring (bicyclic) bond motifs is 1. The minimum Gasteiger partial charge on any atom is -0.481 e. The Kier molecular flexibility index (Phi) is 2.79. The van der Waals surface area contributed by atoms with Crippen molar-refractivity contribution in [3.8, 4) is 0 Å². The Morgan fingerprint density at radius 1 is 1.24 bits per heavy atom. The van der Waals surface area contributed by atoms with Crippen LogP contribution in [0.25, 0.3) is 0 Å². The van der Waals surface area contributed by atoms with Crippen molar-refractivity contribution in [1.82, 2.24) is 20.6 Å². The third-order valence-electron chi connectivity index (χ3n) is 4.94. The number of hydrogen-bond acceptors (Lipinski definition) is 4. The van der Waals surface area contributed by atoms with E-state index in [2.05, 4.69) is 20.6 Å². The van der Waals surface area contributed by atoms with Crippen LogP contribution in [-0.2, 0) is 4.79 Å². The van der Waals surface area contributed by atoms with Crippen LogP contribution in [0.2, 0.25) is 0 Å². The summed E-state index contributed by atoms with van der Waals surface area (Å²) in [6.07, 6.45) is 3.70. The Morgan fingerprint density at radius 2 is 1.90 bits per heavy atom. The number of H-pyrrole nitrogens is 1. The molecule has 112 valence electrons. The zero-order chi connectivity index (χ0) is 15.3. The van der Waals surface area contributed by atoms with Gasteiger partial charge in [-0.25, -0.2) is 4.98 Å². The van der Waals surface area contributed by atoms with Gasteiger partial charge in [0.15, 0.2) is 5.69 Å². The first kappa shape index (κ1) is 13.6. The van der Waals surface area contributed by atoms with Crippen LogP contribution in [0, 0.1) is 5.41 Å². The number of carboxylic acids is 1. The second-order valence-electron chi connectivity index (χ2n) is 5.63. The zero-order valence-electron chi connectivity index (χ0n) is 11.5. The minimum atomic E-state index is -0.867. The molecule has 1 heterocycles. The molecule has 2 saturated carbocycles. The van der Waals surface area contributed by atoms with E-state index in [0.717, 1.165) is 0 Å². The first-order valence-electron chi connectivity index (χ1n) is 6.77. The number of hydrogen-bond donors (Lipinski definition) is 4. The molecule has 0 bridgehead atoms. The standard InChI is InChI=1S/C13H16N4O4/c1-14-9(18)7-8(16-6-15-7)10(19)17-13-4-2-12(13,3-5-13)11(20)21/h6H,2-5H2,1H3,(H,14,18)(H,15,16)(H,17,19)(H,20,21). The highest BCUT2D eigenvalue weighted by atomic mass is 16.4. The third kappa shape index (κ3) is 1.61. The van der Waals surface area contributed by atoms with Crippen LogP contribution in [0.1, 0.15) is 46.7 Å². The molecule has 0 radical (unpaired) electrons. The molecule has 3 rings (SSSR count). The minimum absolute atomic E-state index is 0.0122. The summed E-state index contributed by atoms with van der Waals surface area (Å²) in [7, 11) is 1.46. The lowest BCUT2D eigenvalue weighted by atomic mass is 9.42. The number of amides is 2. The molecule has 0 atom stereocenters. The second-order valence-corrected chi connectivity index (χ2v) is 5.63. The van der Waals surface area contributed by atoms with Crippen molar-refractivity contribution in [2.75, 3.05) is 7.05 Å². The Hall–Kier alpha value is -2.38. The molecule has 2 fully saturated rings. The van der Waals surface area contributed by atoms with Crippen LogP contribution in [0.5, 0.6) is 0 Å². The highest BCUT2D eigenvalue weighted by molar-refractivity contribution is 6.05. The predicted molar refractivity (Wildman–Crippen MR) is 70.7 cm³/mol. The van der Waals surface area contributed by atoms with Crippen LogP contribution in [0.15, 0.2) is 6.33 Å². The highest BCUT2D eigenvalue weighted by Gasteiger charge is 2.70. The van der Waals surface area contributed by atoms with Crippen molar-refractivity contribution < 1.29 is 19.5 Å². The molecule has 0 spiro atoms. The van der Waals surface area contributed by atoms with Crippen LogP contribution < -0.4 is 10.6 Å². The van der Waals surface area contributed by atoms with E-state index in [1.165, 1.54) is 13.4 Å². The van der Waals surface area contributed by atoms with E-state index in [1.54, 1.807) is 0 Å². The molecule has 2 aliphatic rings. The largest absolute Gasteiger partial charge is 0.481 e. The van der Waals surface area contributed by atoms with E-state index in [9.17, 15) is 19.5 Å².